The average Bonchev–Trinajstić information content (AvgIpc) is 2.67. The summed E-state index contributed by atoms with van der Waals surface area (Å²) in [6.45, 7) is 0. The first-order valence-corrected chi connectivity index (χ1v) is 5.75. The minimum atomic E-state index is -0.481. The Morgan fingerprint density at radius 3 is 2.78 bits per heavy atom. The summed E-state index contributed by atoms with van der Waals surface area (Å²) >= 11 is 1.02. The lowest BCUT2D eigenvalue weighted by Gasteiger charge is -2.06. The molecule has 18 heavy (non-hydrogen) atoms. The maximum atomic E-state index is 11.5. The number of esters is 1. The van der Waals surface area contributed by atoms with Gasteiger partial charge in [0.1, 0.15) is 0 Å². The van der Waals surface area contributed by atoms with Crippen LogP contribution in [0.25, 0.3) is 0 Å². The number of carbonyl (C=O) groups excluding carboxylic acids is 1. The van der Waals surface area contributed by atoms with Gasteiger partial charge in [-0.2, -0.15) is 0 Å². The highest BCUT2D eigenvalue weighted by molar-refractivity contribution is 7.97. The Kier molecular flexibility index (Phi) is 3.42. The Morgan fingerprint density at radius 1 is 1.44 bits per heavy atom. The number of carbonyl (C=O) groups is 1. The Labute approximate surface area is 106 Å². The van der Waals surface area contributed by atoms with Crippen LogP contribution >= 0.6 is 11.9 Å². The highest BCUT2D eigenvalue weighted by atomic mass is 32.2. The normalized spacial score (nSPS) is 10.3. The third kappa shape index (κ3) is 2.40. The topological polar surface area (TPSA) is 84.3 Å². The first-order valence-electron chi connectivity index (χ1n) is 4.98. The van der Waals surface area contributed by atoms with Crippen LogP contribution in [-0.2, 0) is 4.74 Å². The van der Waals surface area contributed by atoms with Crippen LogP contribution < -0.4 is 5.69 Å². The van der Waals surface area contributed by atoms with Crippen molar-refractivity contribution in [1.82, 2.24) is 8.96 Å². The molecule has 0 amide bonds. The highest BCUT2D eigenvalue weighted by Crippen LogP contribution is 2.24. The van der Waals surface area contributed by atoms with E-state index < -0.39 is 11.7 Å². The summed E-state index contributed by atoms with van der Waals surface area (Å²) in [5.41, 5.74) is -0.116. The summed E-state index contributed by atoms with van der Waals surface area (Å²) in [4.78, 5) is 25.7. The fourth-order valence-corrected chi connectivity index (χ4v) is 2.25. The third-order valence-electron chi connectivity index (χ3n) is 2.16. The molecule has 6 nitrogen and oxygen atoms in total. The lowest BCUT2D eigenvalue weighted by molar-refractivity contribution is 0.0597. The highest BCUT2D eigenvalue weighted by Gasteiger charge is 2.13. The van der Waals surface area contributed by atoms with Crippen LogP contribution in [0.1, 0.15) is 10.4 Å². The monoisotopic (exact) mass is 266 g/mol. The van der Waals surface area contributed by atoms with Crippen LogP contribution in [0.5, 0.6) is 5.88 Å². The number of aromatic hydroxyl groups is 1. The SMILES string of the molecule is COC(=O)c1ccccc1Sn1cc(O)[nH]c1=O. The minimum Gasteiger partial charge on any atom is -0.493 e. The summed E-state index contributed by atoms with van der Waals surface area (Å²) in [7, 11) is 1.29. The van der Waals surface area contributed by atoms with E-state index in [0.29, 0.717) is 10.5 Å². The number of imidazole rings is 1. The number of methoxy groups -OCH3 is 1. The van der Waals surface area contributed by atoms with Crippen LogP contribution in [0.4, 0.5) is 0 Å². The van der Waals surface area contributed by atoms with Crippen molar-refractivity contribution < 1.29 is 14.6 Å². The van der Waals surface area contributed by atoms with Gasteiger partial charge in [0.2, 0.25) is 5.88 Å². The van der Waals surface area contributed by atoms with Crippen molar-refractivity contribution in [2.45, 2.75) is 4.90 Å². The molecule has 2 N–H and O–H groups in total. The molecular weight excluding hydrogens is 256 g/mol. The second-order valence-corrected chi connectivity index (χ2v) is 4.37. The molecule has 7 heteroatoms. The summed E-state index contributed by atoms with van der Waals surface area (Å²) < 4.78 is 5.84. The van der Waals surface area contributed by atoms with Crippen molar-refractivity contribution in [2.75, 3.05) is 7.11 Å². The van der Waals surface area contributed by atoms with Gasteiger partial charge >= 0.3 is 11.7 Å². The van der Waals surface area contributed by atoms with Gasteiger partial charge in [0, 0.05) is 4.90 Å². The molecule has 0 atom stereocenters. The molecule has 0 fully saturated rings. The number of H-pyrrole nitrogens is 1. The number of rotatable bonds is 3. The Morgan fingerprint density at radius 2 is 2.17 bits per heavy atom. The first kappa shape index (κ1) is 12.3. The van der Waals surface area contributed by atoms with E-state index in [2.05, 4.69) is 9.72 Å². The summed E-state index contributed by atoms with van der Waals surface area (Å²) in [6, 6.07) is 6.74. The van der Waals surface area contributed by atoms with Crippen LogP contribution in [0, 0.1) is 0 Å². The maximum absolute atomic E-state index is 11.5. The van der Waals surface area contributed by atoms with Gasteiger partial charge < -0.3 is 9.84 Å². The van der Waals surface area contributed by atoms with Gasteiger partial charge in [0.05, 0.1) is 18.9 Å². The number of aromatic amines is 1. The van der Waals surface area contributed by atoms with Gasteiger partial charge in [-0.05, 0) is 24.1 Å². The molecule has 0 radical (unpaired) electrons. The van der Waals surface area contributed by atoms with Gasteiger partial charge in [0.15, 0.2) is 0 Å². The number of benzene rings is 1. The van der Waals surface area contributed by atoms with E-state index in [9.17, 15) is 9.59 Å². The van der Waals surface area contributed by atoms with Gasteiger partial charge in [-0.3, -0.25) is 4.98 Å². The van der Waals surface area contributed by atoms with Gasteiger partial charge in [-0.15, -0.1) is 0 Å². The smallest absolute Gasteiger partial charge is 0.339 e. The van der Waals surface area contributed by atoms with Crippen molar-refractivity contribution >= 4 is 17.9 Å². The van der Waals surface area contributed by atoms with Crippen LogP contribution in [0.2, 0.25) is 0 Å². The van der Waals surface area contributed by atoms with E-state index in [4.69, 9.17) is 5.11 Å². The Balaban J connectivity index is 2.37. The summed E-state index contributed by atoms with van der Waals surface area (Å²) in [5, 5.41) is 9.16. The molecule has 1 heterocycles. The van der Waals surface area contributed by atoms with Crippen molar-refractivity contribution in [1.29, 1.82) is 0 Å². The minimum absolute atomic E-state index is 0.233. The predicted octanol–water partition coefficient (Wildman–Crippen LogP) is 1.22. The van der Waals surface area contributed by atoms with Gasteiger partial charge in [-0.25, -0.2) is 13.6 Å². The number of ether oxygens (including phenoxy) is 1. The zero-order valence-electron chi connectivity index (χ0n) is 9.41. The number of hydrogen-bond donors (Lipinski definition) is 2. The van der Waals surface area contributed by atoms with Crippen LogP contribution in [0.3, 0.4) is 0 Å². The molecule has 0 aliphatic heterocycles. The third-order valence-corrected chi connectivity index (χ3v) is 3.18. The Hall–Kier alpha value is -2.15. The molecule has 0 spiro atoms. The number of aromatic nitrogens is 2. The van der Waals surface area contributed by atoms with E-state index in [-0.39, 0.29) is 5.88 Å². The quantitative estimate of drug-likeness (QED) is 0.816. The zero-order valence-corrected chi connectivity index (χ0v) is 10.2. The van der Waals surface area contributed by atoms with Gasteiger partial charge in [0.25, 0.3) is 0 Å². The van der Waals surface area contributed by atoms with Crippen molar-refractivity contribution in [2.24, 2.45) is 0 Å². The summed E-state index contributed by atoms with van der Waals surface area (Å²) in [6.07, 6.45) is 1.24. The van der Waals surface area contributed by atoms with Crippen molar-refractivity contribution in [3.8, 4) is 5.88 Å². The number of nitrogens with one attached hydrogen (secondary N) is 1. The van der Waals surface area contributed by atoms with Gasteiger partial charge in [-0.1, -0.05) is 12.1 Å². The maximum Gasteiger partial charge on any atom is 0.339 e. The fraction of sp³-hybridized carbons (Fsp3) is 0.0909. The molecule has 0 aliphatic carbocycles. The predicted molar refractivity (Wildman–Crippen MR) is 65.8 cm³/mol. The average molecular weight is 266 g/mol. The van der Waals surface area contributed by atoms with Crippen molar-refractivity contribution in [3.05, 3.63) is 46.5 Å². The van der Waals surface area contributed by atoms with E-state index in [1.165, 1.54) is 17.3 Å². The molecule has 0 bridgehead atoms. The molecule has 1 aromatic carbocycles. The molecule has 2 aromatic rings. The molecule has 0 unspecified atom stereocenters. The number of nitrogens with zero attached hydrogens (tertiary/aromatic N) is 1. The zero-order chi connectivity index (χ0) is 13.1. The second-order valence-electron chi connectivity index (χ2n) is 3.35. The van der Waals surface area contributed by atoms with Crippen LogP contribution in [0.15, 0.2) is 40.2 Å². The lowest BCUT2D eigenvalue weighted by Crippen LogP contribution is -2.11. The van der Waals surface area contributed by atoms with E-state index in [1.54, 1.807) is 24.3 Å². The largest absolute Gasteiger partial charge is 0.493 e. The molecule has 94 valence electrons. The Bertz CT molecular complexity index is 632. The fourth-order valence-electron chi connectivity index (χ4n) is 1.37. The first-order chi connectivity index (χ1) is 8.61. The van der Waals surface area contributed by atoms with E-state index in [0.717, 1.165) is 11.9 Å². The second kappa shape index (κ2) is 5.01. The molecule has 0 saturated carbocycles. The van der Waals surface area contributed by atoms with Crippen molar-refractivity contribution in [3.63, 3.8) is 0 Å². The molecule has 0 aliphatic rings. The summed E-state index contributed by atoms with van der Waals surface area (Å²) in [5.74, 6) is -0.714. The van der Waals surface area contributed by atoms with Crippen LogP contribution in [-0.4, -0.2) is 27.1 Å². The molecule has 2 rings (SSSR count). The molecular formula is C11H10N2O4S. The molecule has 1 aromatic heterocycles. The number of hydrogen-bond acceptors (Lipinski definition) is 5. The standard InChI is InChI=1S/C11H10N2O4S/c1-17-10(15)7-4-2-3-5-8(7)18-13-6-9(14)12-11(13)16/h2-6,14H,1H3,(H,12,16). The molecule has 0 saturated heterocycles. The van der Waals surface area contributed by atoms with E-state index in [1.807, 2.05) is 0 Å². The van der Waals surface area contributed by atoms with E-state index >= 15 is 0 Å². The lowest BCUT2D eigenvalue weighted by atomic mass is 10.2.